The fraction of sp³-hybridized carbons (Fsp3) is 0.417. The molecule has 2 aliphatic rings. The number of carboxylic acids is 1. The second-order valence-electron chi connectivity index (χ2n) is 8.18. The number of carbonyl (C=O) groups is 4. The van der Waals surface area contributed by atoms with Gasteiger partial charge in [0.15, 0.2) is 0 Å². The summed E-state index contributed by atoms with van der Waals surface area (Å²) in [7, 11) is 0. The highest BCUT2D eigenvalue weighted by atomic mass is 35.5. The number of allylic oxidation sites excluding steroid dienone is 6. The maximum atomic E-state index is 13.1. The standard InChI is InChI=1S/C24H28ClNO6/c1-7-13(2)10-14(3)8-9-17-11-18-19(12-26(17)15(4)23(30)31)21(28)24(6,32-16(5)27)22(29)20(18)25/h8-13,15H,7H2,1-6H3,(H,30,31)/b9-8+,14-10+/t13-,15+,24-/m0/s1. The molecule has 2 rings (SSSR count). The molecule has 8 heteroatoms. The predicted molar refractivity (Wildman–Crippen MR) is 121 cm³/mol. The van der Waals surface area contributed by atoms with E-state index < -0.39 is 35.1 Å². The Morgan fingerprint density at radius 3 is 2.41 bits per heavy atom. The van der Waals surface area contributed by atoms with Crippen LogP contribution in [0, 0.1) is 5.92 Å². The first-order valence-corrected chi connectivity index (χ1v) is 10.7. The number of nitrogens with zero attached hydrogens (tertiary/aromatic N) is 1. The van der Waals surface area contributed by atoms with Crippen molar-refractivity contribution >= 4 is 35.1 Å². The van der Waals surface area contributed by atoms with Crippen LogP contribution in [-0.2, 0) is 23.9 Å². The van der Waals surface area contributed by atoms with Gasteiger partial charge in [-0.05, 0) is 38.8 Å². The van der Waals surface area contributed by atoms with Crippen LogP contribution in [0.4, 0.5) is 0 Å². The molecule has 172 valence electrons. The number of ketones is 2. The maximum absolute atomic E-state index is 13.1. The van der Waals surface area contributed by atoms with Crippen molar-refractivity contribution in [1.82, 2.24) is 4.90 Å². The number of fused-ring (bicyclic) bond motifs is 1. The zero-order valence-corrected chi connectivity index (χ0v) is 19.8. The summed E-state index contributed by atoms with van der Waals surface area (Å²) in [6.07, 6.45) is 9.48. The molecule has 1 heterocycles. The molecule has 0 aromatic rings. The molecule has 3 atom stereocenters. The number of carbonyl (C=O) groups excluding carboxylic acids is 3. The number of halogens is 1. The fourth-order valence-electron chi connectivity index (χ4n) is 3.45. The van der Waals surface area contributed by atoms with Crippen molar-refractivity contribution in [3.63, 3.8) is 0 Å². The third kappa shape index (κ3) is 4.93. The quantitative estimate of drug-likeness (QED) is 0.346. The lowest BCUT2D eigenvalue weighted by Gasteiger charge is -2.36. The number of ether oxygens (including phenoxy) is 1. The zero-order chi connectivity index (χ0) is 24.4. The summed E-state index contributed by atoms with van der Waals surface area (Å²) in [5.74, 6) is -3.11. The normalized spacial score (nSPS) is 23.6. The summed E-state index contributed by atoms with van der Waals surface area (Å²) >= 11 is 6.31. The number of hydrogen-bond donors (Lipinski definition) is 1. The van der Waals surface area contributed by atoms with Gasteiger partial charge in [0, 0.05) is 30.0 Å². The number of rotatable bonds is 7. The maximum Gasteiger partial charge on any atom is 0.326 e. The molecule has 0 spiro atoms. The van der Waals surface area contributed by atoms with E-state index in [4.69, 9.17) is 16.3 Å². The molecule has 0 bridgehead atoms. The average molecular weight is 462 g/mol. The average Bonchev–Trinajstić information content (AvgIpc) is 2.73. The first kappa shape index (κ1) is 25.3. The lowest BCUT2D eigenvalue weighted by Crippen LogP contribution is -2.52. The van der Waals surface area contributed by atoms with Crippen LogP contribution in [0.2, 0.25) is 0 Å². The van der Waals surface area contributed by atoms with Gasteiger partial charge in [-0.1, -0.05) is 49.6 Å². The predicted octanol–water partition coefficient (Wildman–Crippen LogP) is 4.06. The molecule has 1 N–H and O–H groups in total. The van der Waals surface area contributed by atoms with Crippen LogP contribution >= 0.6 is 11.6 Å². The van der Waals surface area contributed by atoms with Crippen molar-refractivity contribution in [3.05, 3.63) is 58.0 Å². The van der Waals surface area contributed by atoms with E-state index in [1.54, 1.807) is 6.08 Å². The first-order chi connectivity index (χ1) is 14.8. The largest absolute Gasteiger partial charge is 0.480 e. The Kier molecular flexibility index (Phi) is 7.67. The van der Waals surface area contributed by atoms with E-state index >= 15 is 0 Å². The molecular weight excluding hydrogens is 434 g/mol. The minimum Gasteiger partial charge on any atom is -0.480 e. The fourth-order valence-corrected chi connectivity index (χ4v) is 3.78. The molecule has 0 amide bonds. The minimum atomic E-state index is -2.10. The smallest absolute Gasteiger partial charge is 0.326 e. The Hall–Kier alpha value is -2.93. The Bertz CT molecular complexity index is 1020. The zero-order valence-electron chi connectivity index (χ0n) is 19.1. The van der Waals surface area contributed by atoms with E-state index in [1.807, 2.05) is 13.0 Å². The van der Waals surface area contributed by atoms with Crippen LogP contribution in [-0.4, -0.2) is 45.2 Å². The van der Waals surface area contributed by atoms with E-state index in [9.17, 15) is 24.3 Å². The van der Waals surface area contributed by atoms with Gasteiger partial charge in [0.25, 0.3) is 0 Å². The summed E-state index contributed by atoms with van der Waals surface area (Å²) in [6, 6.07) is -1.01. The third-order valence-electron chi connectivity index (χ3n) is 5.53. The van der Waals surface area contributed by atoms with Crippen LogP contribution in [0.5, 0.6) is 0 Å². The highest BCUT2D eigenvalue weighted by Gasteiger charge is 2.52. The highest BCUT2D eigenvalue weighted by molar-refractivity contribution is 6.49. The third-order valence-corrected chi connectivity index (χ3v) is 5.90. The molecule has 0 aromatic carbocycles. The number of esters is 1. The molecule has 1 aliphatic carbocycles. The summed E-state index contributed by atoms with van der Waals surface area (Å²) < 4.78 is 5.04. The van der Waals surface area contributed by atoms with Crippen molar-refractivity contribution in [2.24, 2.45) is 5.92 Å². The van der Waals surface area contributed by atoms with Gasteiger partial charge in [0.05, 0.1) is 5.03 Å². The molecule has 0 aromatic heterocycles. The Balaban J connectivity index is 2.63. The van der Waals surface area contributed by atoms with E-state index in [0.29, 0.717) is 11.6 Å². The Morgan fingerprint density at radius 1 is 1.25 bits per heavy atom. The molecule has 32 heavy (non-hydrogen) atoms. The monoisotopic (exact) mass is 461 g/mol. The van der Waals surface area contributed by atoms with E-state index in [-0.39, 0.29) is 16.2 Å². The van der Waals surface area contributed by atoms with Crippen molar-refractivity contribution < 1.29 is 29.0 Å². The molecule has 0 unspecified atom stereocenters. The van der Waals surface area contributed by atoms with E-state index in [2.05, 4.69) is 19.9 Å². The second kappa shape index (κ2) is 9.69. The van der Waals surface area contributed by atoms with Crippen LogP contribution < -0.4 is 0 Å². The van der Waals surface area contributed by atoms with Crippen LogP contribution in [0.3, 0.4) is 0 Å². The van der Waals surface area contributed by atoms with Gasteiger partial charge in [-0.15, -0.1) is 0 Å². The minimum absolute atomic E-state index is 0.00969. The molecule has 0 radical (unpaired) electrons. The van der Waals surface area contributed by atoms with Crippen molar-refractivity contribution in [2.45, 2.75) is 59.6 Å². The van der Waals surface area contributed by atoms with E-state index in [1.165, 1.54) is 31.0 Å². The summed E-state index contributed by atoms with van der Waals surface area (Å²) in [4.78, 5) is 50.6. The molecule has 0 saturated carbocycles. The lowest BCUT2D eigenvalue weighted by atomic mass is 9.79. The van der Waals surface area contributed by atoms with Crippen LogP contribution in [0.15, 0.2) is 58.0 Å². The molecule has 7 nitrogen and oxygen atoms in total. The van der Waals surface area contributed by atoms with Gasteiger partial charge in [0.2, 0.25) is 17.2 Å². The topological polar surface area (TPSA) is 101 Å². The Labute approximate surface area is 192 Å². The highest BCUT2D eigenvalue weighted by Crippen LogP contribution is 2.40. The number of carboxylic acid groups (broad SMARTS) is 1. The lowest BCUT2D eigenvalue weighted by molar-refractivity contribution is -0.167. The van der Waals surface area contributed by atoms with Gasteiger partial charge in [0.1, 0.15) is 6.04 Å². The van der Waals surface area contributed by atoms with Crippen molar-refractivity contribution in [3.8, 4) is 0 Å². The summed E-state index contributed by atoms with van der Waals surface area (Å²) in [5.41, 5.74) is -0.492. The van der Waals surface area contributed by atoms with Gasteiger partial charge in [-0.25, -0.2) is 4.79 Å². The molecular formula is C24H28ClNO6. The summed E-state index contributed by atoms with van der Waals surface area (Å²) in [5, 5.41) is 9.33. The van der Waals surface area contributed by atoms with Gasteiger partial charge in [-0.2, -0.15) is 0 Å². The van der Waals surface area contributed by atoms with E-state index in [0.717, 1.165) is 18.9 Å². The number of hydrogen-bond acceptors (Lipinski definition) is 6. The van der Waals surface area contributed by atoms with Crippen molar-refractivity contribution in [1.29, 1.82) is 0 Å². The van der Waals surface area contributed by atoms with Crippen molar-refractivity contribution in [2.75, 3.05) is 0 Å². The summed E-state index contributed by atoms with van der Waals surface area (Å²) in [6.45, 7) is 9.86. The molecule has 0 saturated heterocycles. The second-order valence-corrected chi connectivity index (χ2v) is 8.55. The molecule has 1 aliphatic heterocycles. The van der Waals surface area contributed by atoms with Gasteiger partial charge in [-0.3, -0.25) is 14.4 Å². The van der Waals surface area contributed by atoms with Crippen LogP contribution in [0.25, 0.3) is 0 Å². The Morgan fingerprint density at radius 2 is 1.88 bits per heavy atom. The van der Waals surface area contributed by atoms with Gasteiger partial charge < -0.3 is 14.7 Å². The molecule has 0 fully saturated rings. The van der Waals surface area contributed by atoms with Gasteiger partial charge >= 0.3 is 11.9 Å². The first-order valence-electron chi connectivity index (χ1n) is 10.3. The SMILES string of the molecule is CC[C@H](C)/C=C(C)/C=C/C1=CC2=C(Cl)C(=O)[C@@](C)(OC(C)=O)C(=O)C2=CN1[C@H](C)C(=O)O. The van der Waals surface area contributed by atoms with Crippen LogP contribution in [0.1, 0.15) is 48.0 Å². The number of aliphatic carboxylic acids is 1. The number of Topliss-reactive ketones (excluding diaryl/α,β-unsaturated/α-hetero) is 2.